The van der Waals surface area contributed by atoms with E-state index in [1.807, 2.05) is 0 Å². The zero-order valence-corrected chi connectivity index (χ0v) is 13.6. The molecule has 1 heterocycles. The fourth-order valence-corrected chi connectivity index (χ4v) is 3.37. The molecular formula is C12H13BrClNO4S. The Morgan fingerprint density at radius 3 is 2.80 bits per heavy atom. The van der Waals surface area contributed by atoms with Gasteiger partial charge in [0.2, 0.25) is 0 Å². The average molecular weight is 383 g/mol. The first-order valence-electron chi connectivity index (χ1n) is 5.97. The van der Waals surface area contributed by atoms with Crippen molar-refractivity contribution in [2.45, 2.75) is 11.3 Å². The van der Waals surface area contributed by atoms with Crippen LogP contribution < -0.4 is 5.32 Å². The van der Waals surface area contributed by atoms with Crippen molar-refractivity contribution in [1.29, 1.82) is 0 Å². The smallest absolute Gasteiger partial charge is 0.261 e. The standard InChI is InChI=1S/C12H13BrClNO4S/c13-10-3-9(4-11(5-10)20(14,17)18)12(16)15-6-8-1-2-19-7-8/h3-5,8H,1-2,6-7H2,(H,15,16). The highest BCUT2D eigenvalue weighted by atomic mass is 79.9. The zero-order valence-electron chi connectivity index (χ0n) is 10.4. The molecule has 1 aliphatic rings. The van der Waals surface area contributed by atoms with Crippen LogP contribution in [0.15, 0.2) is 27.6 Å². The summed E-state index contributed by atoms with van der Waals surface area (Å²) in [5.41, 5.74) is 0.248. The fraction of sp³-hybridized carbons (Fsp3) is 0.417. The van der Waals surface area contributed by atoms with E-state index in [0.29, 0.717) is 30.1 Å². The summed E-state index contributed by atoms with van der Waals surface area (Å²) >= 11 is 3.17. The van der Waals surface area contributed by atoms with Gasteiger partial charge in [0.15, 0.2) is 0 Å². The van der Waals surface area contributed by atoms with Crippen molar-refractivity contribution < 1.29 is 17.9 Å². The van der Waals surface area contributed by atoms with Gasteiger partial charge in [-0.3, -0.25) is 4.79 Å². The lowest BCUT2D eigenvalue weighted by Gasteiger charge is -2.10. The van der Waals surface area contributed by atoms with Gasteiger partial charge in [-0.05, 0) is 24.6 Å². The van der Waals surface area contributed by atoms with E-state index < -0.39 is 9.05 Å². The van der Waals surface area contributed by atoms with Crippen molar-refractivity contribution >= 4 is 41.6 Å². The summed E-state index contributed by atoms with van der Waals surface area (Å²) < 4.78 is 28.3. The van der Waals surface area contributed by atoms with Crippen molar-refractivity contribution in [3.05, 3.63) is 28.2 Å². The molecule has 1 atom stereocenters. The van der Waals surface area contributed by atoms with Crippen LogP contribution in [0.3, 0.4) is 0 Å². The second kappa shape index (κ2) is 6.43. The maximum absolute atomic E-state index is 12.0. The Kier molecular flexibility index (Phi) is 5.06. The lowest BCUT2D eigenvalue weighted by atomic mass is 10.1. The Morgan fingerprint density at radius 2 is 2.20 bits per heavy atom. The largest absolute Gasteiger partial charge is 0.381 e. The van der Waals surface area contributed by atoms with E-state index in [4.69, 9.17) is 15.4 Å². The first-order valence-corrected chi connectivity index (χ1v) is 9.07. The predicted octanol–water partition coefficient (Wildman–Crippen LogP) is 2.14. The monoisotopic (exact) mass is 381 g/mol. The van der Waals surface area contributed by atoms with Crippen LogP contribution in [-0.2, 0) is 13.8 Å². The van der Waals surface area contributed by atoms with Crippen molar-refractivity contribution in [2.24, 2.45) is 5.92 Å². The topological polar surface area (TPSA) is 72.5 Å². The maximum atomic E-state index is 12.0. The number of halogens is 2. The molecule has 1 aromatic rings. The van der Waals surface area contributed by atoms with Crippen LogP contribution in [-0.4, -0.2) is 34.1 Å². The van der Waals surface area contributed by atoms with Gasteiger partial charge in [0, 0.05) is 39.8 Å². The van der Waals surface area contributed by atoms with Crippen LogP contribution in [0.4, 0.5) is 0 Å². The van der Waals surface area contributed by atoms with Gasteiger partial charge in [-0.2, -0.15) is 0 Å². The Morgan fingerprint density at radius 1 is 1.45 bits per heavy atom. The zero-order chi connectivity index (χ0) is 14.8. The molecular weight excluding hydrogens is 370 g/mol. The second-order valence-corrected chi connectivity index (χ2v) is 8.03. The van der Waals surface area contributed by atoms with E-state index in [1.54, 1.807) is 6.07 Å². The van der Waals surface area contributed by atoms with Gasteiger partial charge in [0.05, 0.1) is 11.5 Å². The number of carbonyl (C=O) groups is 1. The van der Waals surface area contributed by atoms with E-state index in [9.17, 15) is 13.2 Å². The lowest BCUT2D eigenvalue weighted by Crippen LogP contribution is -2.29. The highest BCUT2D eigenvalue weighted by Gasteiger charge is 2.18. The number of nitrogens with one attached hydrogen (secondary N) is 1. The summed E-state index contributed by atoms with van der Waals surface area (Å²) in [6.45, 7) is 1.86. The molecule has 0 saturated carbocycles. The van der Waals surface area contributed by atoms with Crippen LogP contribution >= 0.6 is 26.6 Å². The average Bonchev–Trinajstić information content (AvgIpc) is 2.87. The molecule has 20 heavy (non-hydrogen) atoms. The van der Waals surface area contributed by atoms with E-state index in [0.717, 1.165) is 6.42 Å². The Hall–Kier alpha value is -0.630. The second-order valence-electron chi connectivity index (χ2n) is 4.55. The minimum atomic E-state index is -3.87. The van der Waals surface area contributed by atoms with Gasteiger partial charge in [0.1, 0.15) is 0 Å². The Balaban J connectivity index is 2.11. The molecule has 1 amide bonds. The number of hydrogen-bond donors (Lipinski definition) is 1. The third kappa shape index (κ3) is 4.18. The van der Waals surface area contributed by atoms with Crippen LogP contribution in [0.1, 0.15) is 16.8 Å². The number of rotatable bonds is 4. The number of benzene rings is 1. The molecule has 8 heteroatoms. The first-order chi connectivity index (χ1) is 9.36. The van der Waals surface area contributed by atoms with Crippen molar-refractivity contribution in [3.8, 4) is 0 Å². The predicted molar refractivity (Wildman–Crippen MR) is 78.4 cm³/mol. The van der Waals surface area contributed by atoms with Gasteiger partial charge in [-0.15, -0.1) is 0 Å². The highest BCUT2D eigenvalue weighted by Crippen LogP contribution is 2.22. The molecule has 0 aromatic heterocycles. The number of carbonyl (C=O) groups excluding carboxylic acids is 1. The minimum Gasteiger partial charge on any atom is -0.381 e. The van der Waals surface area contributed by atoms with Gasteiger partial charge in [0.25, 0.3) is 15.0 Å². The first kappa shape index (κ1) is 15.8. The molecule has 1 aliphatic heterocycles. The molecule has 0 bridgehead atoms. The van der Waals surface area contributed by atoms with Crippen LogP contribution in [0.25, 0.3) is 0 Å². The summed E-state index contributed by atoms with van der Waals surface area (Å²) in [6, 6.07) is 4.16. The molecule has 1 aromatic carbocycles. The fourth-order valence-electron chi connectivity index (χ4n) is 1.92. The molecule has 5 nitrogen and oxygen atoms in total. The van der Waals surface area contributed by atoms with E-state index in [2.05, 4.69) is 21.2 Å². The quantitative estimate of drug-likeness (QED) is 0.810. The molecule has 1 N–H and O–H groups in total. The normalized spacial score (nSPS) is 19.0. The highest BCUT2D eigenvalue weighted by molar-refractivity contribution is 9.10. The van der Waals surface area contributed by atoms with Crippen LogP contribution in [0, 0.1) is 5.92 Å². The van der Waals surface area contributed by atoms with Crippen LogP contribution in [0.5, 0.6) is 0 Å². The minimum absolute atomic E-state index is 0.108. The van der Waals surface area contributed by atoms with Crippen LogP contribution in [0.2, 0.25) is 0 Å². The Labute approximate surface area is 130 Å². The third-order valence-corrected chi connectivity index (χ3v) is 4.78. The molecule has 2 rings (SSSR count). The maximum Gasteiger partial charge on any atom is 0.261 e. The summed E-state index contributed by atoms with van der Waals surface area (Å²) in [7, 11) is 1.42. The molecule has 0 aliphatic carbocycles. The summed E-state index contributed by atoms with van der Waals surface area (Å²) in [5, 5.41) is 2.77. The molecule has 1 unspecified atom stereocenters. The Bertz CT molecular complexity index is 614. The third-order valence-electron chi connectivity index (χ3n) is 2.99. The van der Waals surface area contributed by atoms with E-state index in [1.165, 1.54) is 12.1 Å². The molecule has 1 saturated heterocycles. The van der Waals surface area contributed by atoms with Crippen molar-refractivity contribution in [1.82, 2.24) is 5.32 Å². The molecule has 0 radical (unpaired) electrons. The van der Waals surface area contributed by atoms with Gasteiger partial charge in [-0.1, -0.05) is 15.9 Å². The molecule has 1 fully saturated rings. The number of amides is 1. The van der Waals surface area contributed by atoms with Gasteiger partial charge < -0.3 is 10.1 Å². The SMILES string of the molecule is O=C(NCC1CCOC1)c1cc(Br)cc(S(=O)(=O)Cl)c1. The van der Waals surface area contributed by atoms with Gasteiger partial charge >= 0.3 is 0 Å². The van der Waals surface area contributed by atoms with Crippen molar-refractivity contribution in [3.63, 3.8) is 0 Å². The molecule has 110 valence electrons. The number of hydrogen-bond acceptors (Lipinski definition) is 4. The summed E-state index contributed by atoms with van der Waals surface area (Å²) in [4.78, 5) is 11.9. The number of ether oxygens (including phenoxy) is 1. The lowest BCUT2D eigenvalue weighted by molar-refractivity contribution is 0.0944. The molecule has 0 spiro atoms. The summed E-state index contributed by atoms with van der Waals surface area (Å²) in [5.74, 6) is -0.0258. The summed E-state index contributed by atoms with van der Waals surface area (Å²) in [6.07, 6.45) is 0.917. The van der Waals surface area contributed by atoms with Gasteiger partial charge in [-0.25, -0.2) is 8.42 Å². The van der Waals surface area contributed by atoms with Crippen molar-refractivity contribution in [2.75, 3.05) is 19.8 Å². The van der Waals surface area contributed by atoms with E-state index >= 15 is 0 Å². The van der Waals surface area contributed by atoms with E-state index in [-0.39, 0.29) is 16.4 Å².